The van der Waals surface area contributed by atoms with Gasteiger partial charge in [-0.05, 0) is 26.0 Å². The number of hydrogen-bond donors (Lipinski definition) is 1. The molecule has 128 valence electrons. The van der Waals surface area contributed by atoms with Crippen molar-refractivity contribution in [1.29, 1.82) is 0 Å². The number of thioether (sulfide) groups is 1. The molecule has 0 aliphatic rings. The lowest BCUT2D eigenvalue weighted by Gasteiger charge is -2.13. The van der Waals surface area contributed by atoms with E-state index in [1.54, 1.807) is 24.5 Å². The van der Waals surface area contributed by atoms with E-state index in [4.69, 9.17) is 0 Å². The van der Waals surface area contributed by atoms with Crippen LogP contribution in [0.4, 0.5) is 5.69 Å². The van der Waals surface area contributed by atoms with Crippen LogP contribution in [0.25, 0.3) is 11.4 Å². The van der Waals surface area contributed by atoms with Gasteiger partial charge in [0.05, 0.1) is 17.6 Å². The number of nitrogens with zero attached hydrogens (tertiary/aromatic N) is 4. The molecule has 0 unspecified atom stereocenters. The first-order valence-corrected chi connectivity index (χ1v) is 8.96. The highest BCUT2D eigenvalue weighted by molar-refractivity contribution is 7.99. The molecule has 6 nitrogen and oxygen atoms in total. The summed E-state index contributed by atoms with van der Waals surface area (Å²) in [5.41, 5.74) is 1.69. The molecule has 3 rings (SSSR count). The minimum absolute atomic E-state index is 0.0995. The largest absolute Gasteiger partial charge is 0.324 e. The zero-order chi connectivity index (χ0) is 17.6. The fraction of sp³-hybridized carbons (Fsp3) is 0.222. The molecule has 0 radical (unpaired) electrons. The van der Waals surface area contributed by atoms with Crippen molar-refractivity contribution in [3.63, 3.8) is 0 Å². The van der Waals surface area contributed by atoms with Crippen molar-refractivity contribution in [3.8, 4) is 11.4 Å². The first-order valence-electron chi connectivity index (χ1n) is 7.98. The zero-order valence-corrected chi connectivity index (χ0v) is 14.9. The SMILES string of the molecule is CC(C)n1c(SCC(=O)Nc2cccnc2)nnc1-c1ccccc1. The lowest BCUT2D eigenvalue weighted by molar-refractivity contribution is -0.113. The predicted octanol–water partition coefficient (Wildman–Crippen LogP) is 3.65. The van der Waals surface area contributed by atoms with Gasteiger partial charge in [0.1, 0.15) is 0 Å². The number of carbonyl (C=O) groups is 1. The third-order valence-corrected chi connectivity index (χ3v) is 4.43. The van der Waals surface area contributed by atoms with E-state index in [0.29, 0.717) is 5.69 Å². The summed E-state index contributed by atoms with van der Waals surface area (Å²) in [6.45, 7) is 4.16. The first kappa shape index (κ1) is 17.2. The molecule has 0 saturated heterocycles. The molecular weight excluding hydrogens is 334 g/mol. The van der Waals surface area contributed by atoms with Crippen LogP contribution in [0.5, 0.6) is 0 Å². The molecule has 0 spiro atoms. The van der Waals surface area contributed by atoms with Crippen LogP contribution in [0.2, 0.25) is 0 Å². The van der Waals surface area contributed by atoms with Crippen molar-refractivity contribution < 1.29 is 4.79 Å². The minimum atomic E-state index is -0.0995. The average Bonchev–Trinajstić information content (AvgIpc) is 3.06. The van der Waals surface area contributed by atoms with Gasteiger partial charge in [-0.2, -0.15) is 0 Å². The minimum Gasteiger partial charge on any atom is -0.324 e. The van der Waals surface area contributed by atoms with Crippen LogP contribution in [0.1, 0.15) is 19.9 Å². The molecule has 2 aromatic heterocycles. The van der Waals surface area contributed by atoms with E-state index in [-0.39, 0.29) is 17.7 Å². The van der Waals surface area contributed by atoms with E-state index in [0.717, 1.165) is 16.5 Å². The number of carbonyl (C=O) groups excluding carboxylic acids is 1. The average molecular weight is 353 g/mol. The van der Waals surface area contributed by atoms with Crippen LogP contribution in [0.3, 0.4) is 0 Å². The summed E-state index contributed by atoms with van der Waals surface area (Å²) in [7, 11) is 0. The second kappa shape index (κ2) is 7.94. The lowest BCUT2D eigenvalue weighted by atomic mass is 10.2. The molecular formula is C18H19N5OS. The van der Waals surface area contributed by atoms with Crippen LogP contribution in [0, 0.1) is 0 Å². The molecule has 7 heteroatoms. The second-order valence-corrected chi connectivity index (χ2v) is 6.66. The summed E-state index contributed by atoms with van der Waals surface area (Å²) in [5, 5.41) is 12.1. The number of aromatic nitrogens is 4. The Morgan fingerprint density at radius 3 is 2.64 bits per heavy atom. The Kier molecular flexibility index (Phi) is 5.45. The molecule has 1 aromatic carbocycles. The van der Waals surface area contributed by atoms with Gasteiger partial charge in [0.2, 0.25) is 5.91 Å². The molecule has 0 fully saturated rings. The Labute approximate surface area is 150 Å². The maximum atomic E-state index is 12.1. The second-order valence-electron chi connectivity index (χ2n) is 5.71. The Hall–Kier alpha value is -2.67. The van der Waals surface area contributed by atoms with E-state index in [2.05, 4.69) is 38.9 Å². The standard InChI is InChI=1S/C18H19N5OS/c1-13(2)23-17(14-7-4-3-5-8-14)21-22-18(23)25-12-16(24)20-15-9-6-10-19-11-15/h3-11,13H,12H2,1-2H3,(H,20,24). The van der Waals surface area contributed by atoms with Crippen LogP contribution in [-0.4, -0.2) is 31.4 Å². The van der Waals surface area contributed by atoms with Gasteiger partial charge >= 0.3 is 0 Å². The van der Waals surface area contributed by atoms with Crippen molar-refractivity contribution >= 4 is 23.4 Å². The quantitative estimate of drug-likeness (QED) is 0.685. The molecule has 0 aliphatic heterocycles. The number of nitrogens with one attached hydrogen (secondary N) is 1. The summed E-state index contributed by atoms with van der Waals surface area (Å²) >= 11 is 1.38. The molecule has 0 atom stereocenters. The summed E-state index contributed by atoms with van der Waals surface area (Å²) < 4.78 is 2.05. The Bertz CT molecular complexity index is 833. The highest BCUT2D eigenvalue weighted by Crippen LogP contribution is 2.27. The van der Waals surface area contributed by atoms with Crippen molar-refractivity contribution in [2.24, 2.45) is 0 Å². The van der Waals surface area contributed by atoms with E-state index < -0.39 is 0 Å². The highest BCUT2D eigenvalue weighted by Gasteiger charge is 2.17. The molecule has 2 heterocycles. The van der Waals surface area contributed by atoms with Crippen LogP contribution >= 0.6 is 11.8 Å². The van der Waals surface area contributed by atoms with E-state index in [9.17, 15) is 4.79 Å². The molecule has 0 bridgehead atoms. The van der Waals surface area contributed by atoms with Gasteiger partial charge < -0.3 is 5.32 Å². The van der Waals surface area contributed by atoms with Gasteiger partial charge in [0.15, 0.2) is 11.0 Å². The smallest absolute Gasteiger partial charge is 0.234 e. The van der Waals surface area contributed by atoms with Crippen molar-refractivity contribution in [2.75, 3.05) is 11.1 Å². The summed E-state index contributed by atoms with van der Waals surface area (Å²) in [5.74, 6) is 0.970. The number of anilines is 1. The van der Waals surface area contributed by atoms with Crippen molar-refractivity contribution in [1.82, 2.24) is 19.7 Å². The molecule has 1 N–H and O–H groups in total. The Balaban J connectivity index is 1.72. The molecule has 1 amide bonds. The highest BCUT2D eigenvalue weighted by atomic mass is 32.2. The number of benzene rings is 1. The zero-order valence-electron chi connectivity index (χ0n) is 14.1. The van der Waals surface area contributed by atoms with Crippen LogP contribution in [0.15, 0.2) is 60.0 Å². The van der Waals surface area contributed by atoms with Crippen LogP contribution in [-0.2, 0) is 4.79 Å². The van der Waals surface area contributed by atoms with Gasteiger partial charge in [-0.15, -0.1) is 10.2 Å². The third kappa shape index (κ3) is 4.24. The van der Waals surface area contributed by atoms with Crippen LogP contribution < -0.4 is 5.32 Å². The normalized spacial score (nSPS) is 10.8. The van der Waals surface area contributed by atoms with Crippen molar-refractivity contribution in [3.05, 3.63) is 54.9 Å². The first-order chi connectivity index (χ1) is 12.1. The van der Waals surface area contributed by atoms with E-state index in [1.807, 2.05) is 30.3 Å². The maximum absolute atomic E-state index is 12.1. The van der Waals surface area contributed by atoms with Gasteiger partial charge in [-0.3, -0.25) is 14.3 Å². The molecule has 25 heavy (non-hydrogen) atoms. The summed E-state index contributed by atoms with van der Waals surface area (Å²) in [4.78, 5) is 16.1. The molecule has 0 saturated carbocycles. The van der Waals surface area contributed by atoms with Gasteiger partial charge in [0, 0.05) is 17.8 Å². The fourth-order valence-corrected chi connectivity index (χ4v) is 3.26. The van der Waals surface area contributed by atoms with Gasteiger partial charge in [0.25, 0.3) is 0 Å². The third-order valence-electron chi connectivity index (χ3n) is 3.49. The van der Waals surface area contributed by atoms with Crippen molar-refractivity contribution in [2.45, 2.75) is 25.0 Å². The number of amides is 1. The summed E-state index contributed by atoms with van der Waals surface area (Å²) in [6.07, 6.45) is 3.29. The summed E-state index contributed by atoms with van der Waals surface area (Å²) in [6, 6.07) is 13.7. The van der Waals surface area contributed by atoms with E-state index in [1.165, 1.54) is 11.8 Å². The maximum Gasteiger partial charge on any atom is 0.234 e. The number of hydrogen-bond acceptors (Lipinski definition) is 5. The Morgan fingerprint density at radius 2 is 1.96 bits per heavy atom. The van der Waals surface area contributed by atoms with Gasteiger partial charge in [-0.1, -0.05) is 42.1 Å². The fourth-order valence-electron chi connectivity index (χ4n) is 2.39. The number of rotatable bonds is 6. The molecule has 3 aromatic rings. The van der Waals surface area contributed by atoms with E-state index >= 15 is 0 Å². The van der Waals surface area contributed by atoms with Gasteiger partial charge in [-0.25, -0.2) is 0 Å². The topological polar surface area (TPSA) is 72.7 Å². The predicted molar refractivity (Wildman–Crippen MR) is 99.4 cm³/mol. The Morgan fingerprint density at radius 1 is 1.16 bits per heavy atom. The lowest BCUT2D eigenvalue weighted by Crippen LogP contribution is -2.15. The monoisotopic (exact) mass is 353 g/mol. The number of pyridine rings is 1. The molecule has 0 aliphatic carbocycles.